The number of hydrogen-bond acceptors (Lipinski definition) is 8. The highest BCUT2D eigenvalue weighted by Gasteiger charge is 2.51. The van der Waals surface area contributed by atoms with Crippen molar-refractivity contribution in [2.45, 2.75) is 103 Å². The number of aromatic nitrogens is 6. The van der Waals surface area contributed by atoms with Crippen molar-refractivity contribution in [2.24, 2.45) is 0 Å². The molecule has 80 heavy (non-hydrogen) atoms. The van der Waals surface area contributed by atoms with Crippen LogP contribution in [-0.4, -0.2) is 67.4 Å². The van der Waals surface area contributed by atoms with Gasteiger partial charge in [0, 0.05) is 98.0 Å². The van der Waals surface area contributed by atoms with E-state index in [0.717, 1.165) is 98.8 Å². The van der Waals surface area contributed by atoms with Gasteiger partial charge in [-0.25, -0.2) is 0 Å². The van der Waals surface area contributed by atoms with Crippen LogP contribution in [-0.2, 0) is 54.7 Å². The van der Waals surface area contributed by atoms with Gasteiger partial charge >= 0.3 is 6.18 Å². The van der Waals surface area contributed by atoms with Gasteiger partial charge in [0.1, 0.15) is 0 Å². The maximum atomic E-state index is 13.0. The van der Waals surface area contributed by atoms with Gasteiger partial charge in [-0.15, -0.1) is 0 Å². The molecule has 12 nitrogen and oxygen atoms in total. The van der Waals surface area contributed by atoms with Crippen LogP contribution in [0.2, 0.25) is 0 Å². The Balaban J connectivity index is 0.000000127. The minimum Gasteiger partial charge on any atom is -0.376 e. The van der Waals surface area contributed by atoms with E-state index in [4.69, 9.17) is 0 Å². The molecule has 9 aromatic rings. The summed E-state index contributed by atoms with van der Waals surface area (Å²) in [5, 5.41) is 33.5. The summed E-state index contributed by atoms with van der Waals surface area (Å²) in [5.74, 6) is 0.160. The summed E-state index contributed by atoms with van der Waals surface area (Å²) in [6.45, 7) is 13.0. The molecule has 410 valence electrons. The number of nitrogens with zero attached hydrogens (tertiary/aromatic N) is 6. The third-order valence-corrected chi connectivity index (χ3v) is 16.1. The van der Waals surface area contributed by atoms with Crippen LogP contribution in [0.3, 0.4) is 0 Å². The molecular weight excluding hydrogens is 1010 g/mol. The van der Waals surface area contributed by atoms with Crippen LogP contribution >= 0.6 is 0 Å². The first-order valence-electron chi connectivity index (χ1n) is 27.5. The molecule has 5 N–H and O–H groups in total. The quantitative estimate of drug-likeness (QED) is 0.0861. The van der Waals surface area contributed by atoms with Crippen LogP contribution in [0.4, 0.5) is 30.2 Å². The normalized spacial score (nSPS) is 16.3. The second-order valence-electron chi connectivity index (χ2n) is 22.6. The first kappa shape index (κ1) is 53.6. The standard InChI is InChI=1S/C22H22N4O.C22H25N3.C21H20F3N3O/c27-22-8-6-20(25-22)16-3-1-15(2-4-16)14-26-10-9-18-11-17(5-7-21(18)26)19-12-23-24-13-19;1-22(2,3)20-7-4-16(5-8-20)15-25-11-10-18-12-17(6-9-21(18)25)19-13-23-24-14-19;1-20(28,21(22,23)24)18-5-2-14(3-6-18)13-27-9-8-16-10-15(4-7-19(16)27)17-11-25-26-12-17/h1-5,7,11-13,20H,6,8-10,14H2,(H,23,24)(H,25,27);4-9,12-14H,10-11,15H2,1-3H3,(H,23,24);2-7,10-12,28H,8-9,13H2,1H3,(H,25,26). The van der Waals surface area contributed by atoms with E-state index in [0.29, 0.717) is 13.0 Å². The number of nitrogens with one attached hydrogen (secondary N) is 4. The van der Waals surface area contributed by atoms with E-state index in [1.807, 2.05) is 37.1 Å². The van der Waals surface area contributed by atoms with E-state index in [9.17, 15) is 23.1 Å². The van der Waals surface area contributed by atoms with Crippen molar-refractivity contribution in [1.29, 1.82) is 0 Å². The number of aliphatic hydroxyl groups is 1. The number of H-pyrrole nitrogens is 3. The second-order valence-corrected chi connectivity index (χ2v) is 22.6. The number of rotatable bonds is 11. The number of hydrogen-bond donors (Lipinski definition) is 5. The highest BCUT2D eigenvalue weighted by molar-refractivity contribution is 5.79. The number of amides is 1. The van der Waals surface area contributed by atoms with E-state index < -0.39 is 11.8 Å². The third-order valence-electron chi connectivity index (χ3n) is 16.1. The molecule has 1 saturated heterocycles. The lowest BCUT2D eigenvalue weighted by molar-refractivity contribution is -0.258. The molecule has 6 aromatic carbocycles. The van der Waals surface area contributed by atoms with E-state index in [1.54, 1.807) is 18.3 Å². The molecule has 13 rings (SSSR count). The number of halogens is 3. The predicted octanol–water partition coefficient (Wildman–Crippen LogP) is 12.9. The molecule has 4 aliphatic heterocycles. The van der Waals surface area contributed by atoms with Crippen molar-refractivity contribution in [3.8, 4) is 33.4 Å². The van der Waals surface area contributed by atoms with Crippen LogP contribution in [0.25, 0.3) is 33.4 Å². The van der Waals surface area contributed by atoms with Crippen molar-refractivity contribution in [3.63, 3.8) is 0 Å². The molecular formula is C65H67F3N10O2. The molecule has 3 aromatic heterocycles. The SMILES string of the molecule is CC(C)(C)c1ccc(CN2CCc3cc(-c4cn[nH]c4)ccc32)cc1.CC(O)(c1ccc(CN2CCc3cc(-c4cn[nH]c4)ccc32)cc1)C(F)(F)F.O=C1CCC(c2ccc(CN3CCc4cc(-c5cn[nH]c5)ccc43)cc2)N1. The average Bonchev–Trinajstić information content (AvgIpc) is 4.32. The largest absolute Gasteiger partial charge is 0.421 e. The van der Waals surface area contributed by atoms with Crippen molar-refractivity contribution in [2.75, 3.05) is 34.3 Å². The Morgan fingerprint density at radius 3 is 1.20 bits per heavy atom. The maximum absolute atomic E-state index is 13.0. The van der Waals surface area contributed by atoms with Gasteiger partial charge in [0.15, 0.2) is 5.60 Å². The Morgan fingerprint density at radius 1 is 0.500 bits per heavy atom. The number of carbonyl (C=O) groups is 1. The Morgan fingerprint density at radius 2 is 0.875 bits per heavy atom. The molecule has 4 aliphatic rings. The molecule has 0 saturated carbocycles. The summed E-state index contributed by atoms with van der Waals surface area (Å²) in [6, 6.07) is 43.7. The van der Waals surface area contributed by atoms with Crippen LogP contribution in [0.5, 0.6) is 0 Å². The van der Waals surface area contributed by atoms with Crippen LogP contribution in [0.15, 0.2) is 165 Å². The van der Waals surface area contributed by atoms with Gasteiger partial charge in [0.05, 0.1) is 24.6 Å². The lowest BCUT2D eigenvalue weighted by Gasteiger charge is -2.27. The monoisotopic (exact) mass is 1080 g/mol. The number of aromatic amines is 3. The highest BCUT2D eigenvalue weighted by Crippen LogP contribution is 2.40. The molecule has 1 amide bonds. The zero-order valence-corrected chi connectivity index (χ0v) is 45.6. The lowest BCUT2D eigenvalue weighted by atomic mass is 9.87. The Kier molecular flexibility index (Phi) is 15.0. The summed E-state index contributed by atoms with van der Waals surface area (Å²) in [7, 11) is 0. The topological polar surface area (TPSA) is 145 Å². The average molecular weight is 1080 g/mol. The Bertz CT molecular complexity index is 3530. The van der Waals surface area contributed by atoms with E-state index in [-0.39, 0.29) is 22.9 Å². The molecule has 2 unspecified atom stereocenters. The van der Waals surface area contributed by atoms with Crippen molar-refractivity contribution in [3.05, 3.63) is 215 Å². The molecule has 1 fully saturated rings. The van der Waals surface area contributed by atoms with Gasteiger partial charge in [-0.05, 0) is 141 Å². The summed E-state index contributed by atoms with van der Waals surface area (Å²) in [6.07, 6.45) is 11.2. The summed E-state index contributed by atoms with van der Waals surface area (Å²) < 4.78 is 38.9. The number of carbonyl (C=O) groups excluding carboxylic acids is 1. The Hall–Kier alpha value is -8.43. The van der Waals surface area contributed by atoms with Gasteiger partial charge in [-0.3, -0.25) is 20.1 Å². The fourth-order valence-corrected chi connectivity index (χ4v) is 11.3. The molecule has 0 radical (unpaired) electrons. The Labute approximate surface area is 465 Å². The van der Waals surface area contributed by atoms with Gasteiger partial charge in [-0.1, -0.05) is 112 Å². The smallest absolute Gasteiger partial charge is 0.376 e. The predicted molar refractivity (Wildman–Crippen MR) is 310 cm³/mol. The molecule has 7 heterocycles. The van der Waals surface area contributed by atoms with Crippen LogP contribution < -0.4 is 20.0 Å². The summed E-state index contributed by atoms with van der Waals surface area (Å²) in [4.78, 5) is 18.6. The maximum Gasteiger partial charge on any atom is 0.421 e. The van der Waals surface area contributed by atoms with Gasteiger partial charge in [-0.2, -0.15) is 28.5 Å². The van der Waals surface area contributed by atoms with Gasteiger partial charge in [0.25, 0.3) is 0 Å². The second kappa shape index (κ2) is 22.4. The third kappa shape index (κ3) is 11.8. The first-order valence-corrected chi connectivity index (χ1v) is 27.5. The number of fused-ring (bicyclic) bond motifs is 3. The van der Waals surface area contributed by atoms with Crippen LogP contribution in [0.1, 0.15) is 96.6 Å². The summed E-state index contributed by atoms with van der Waals surface area (Å²) >= 11 is 0. The van der Waals surface area contributed by atoms with Crippen LogP contribution in [0, 0.1) is 0 Å². The fourth-order valence-electron chi connectivity index (χ4n) is 11.3. The summed E-state index contributed by atoms with van der Waals surface area (Å²) in [5.41, 5.74) is 18.2. The van der Waals surface area contributed by atoms with Gasteiger partial charge < -0.3 is 25.1 Å². The minimum atomic E-state index is -4.71. The van der Waals surface area contributed by atoms with E-state index >= 15 is 0 Å². The number of benzene rings is 6. The van der Waals surface area contributed by atoms with E-state index in [2.05, 4.69) is 168 Å². The highest BCUT2D eigenvalue weighted by atomic mass is 19.4. The molecule has 2 atom stereocenters. The van der Waals surface area contributed by atoms with Gasteiger partial charge in [0.2, 0.25) is 5.91 Å². The zero-order valence-electron chi connectivity index (χ0n) is 45.6. The van der Waals surface area contributed by atoms with Crippen molar-refractivity contribution < 1.29 is 23.1 Å². The molecule has 0 bridgehead atoms. The molecule has 0 spiro atoms. The number of alkyl halides is 3. The molecule has 15 heteroatoms. The zero-order chi connectivity index (χ0) is 55.6. The fraction of sp³-hybridized carbons (Fsp3) is 0.292. The lowest BCUT2D eigenvalue weighted by Crippen LogP contribution is -2.39. The molecule has 0 aliphatic carbocycles. The van der Waals surface area contributed by atoms with Crippen molar-refractivity contribution >= 4 is 23.0 Å². The minimum absolute atomic E-state index is 0.157. The first-order chi connectivity index (χ1) is 38.5. The van der Waals surface area contributed by atoms with E-state index in [1.165, 1.54) is 73.6 Å². The van der Waals surface area contributed by atoms with Crippen molar-refractivity contribution in [1.82, 2.24) is 35.9 Å². The number of anilines is 3.